The number of hydrogen-bond donors (Lipinski definition) is 4. The second kappa shape index (κ2) is 17.1. The van der Waals surface area contributed by atoms with Gasteiger partial charge in [0, 0.05) is 37.1 Å². The van der Waals surface area contributed by atoms with Crippen LogP contribution >= 0.6 is 11.8 Å². The van der Waals surface area contributed by atoms with E-state index in [1.54, 1.807) is 10.2 Å². The van der Waals surface area contributed by atoms with E-state index < -0.39 is 12.2 Å². The summed E-state index contributed by atoms with van der Waals surface area (Å²) >= 11 is 1.53. The van der Waals surface area contributed by atoms with Crippen molar-refractivity contribution >= 4 is 23.6 Å². The Morgan fingerprint density at radius 1 is 0.840 bits per heavy atom. The zero-order valence-corrected chi connectivity index (χ0v) is 28.0. The van der Waals surface area contributed by atoms with Crippen molar-refractivity contribution in [1.82, 2.24) is 31.0 Å². The van der Waals surface area contributed by atoms with Gasteiger partial charge in [0.1, 0.15) is 0 Å². The van der Waals surface area contributed by atoms with Crippen LogP contribution in [0.4, 0.5) is 0 Å². The van der Waals surface area contributed by atoms with Gasteiger partial charge < -0.3 is 19.9 Å². The average Bonchev–Trinajstić information content (AvgIpc) is 3.65. The predicted molar refractivity (Wildman–Crippen MR) is 186 cm³/mol. The molecule has 2 amide bonds. The van der Waals surface area contributed by atoms with Crippen LogP contribution < -0.4 is 10.8 Å². The maximum Gasteiger partial charge on any atom is 0.243 e. The molecule has 258 valence electrons. The summed E-state index contributed by atoms with van der Waals surface area (Å²) in [6, 6.07) is 33.6. The van der Waals surface area contributed by atoms with Crippen molar-refractivity contribution in [3.8, 4) is 16.8 Å². The Bertz CT molecular complexity index is 1870. The molecule has 0 bridgehead atoms. The van der Waals surface area contributed by atoms with Gasteiger partial charge in [-0.1, -0.05) is 90.6 Å². The number of nitrogens with one attached hydrogen (secondary N) is 2. The van der Waals surface area contributed by atoms with E-state index in [9.17, 15) is 14.7 Å². The molecule has 0 spiro atoms. The number of ether oxygens (including phenoxy) is 2. The second-order valence-corrected chi connectivity index (χ2v) is 12.8. The average molecular weight is 695 g/mol. The summed E-state index contributed by atoms with van der Waals surface area (Å²) in [5.74, 6) is -0.0831. The first-order chi connectivity index (χ1) is 24.5. The number of hydroxylamine groups is 1. The van der Waals surface area contributed by atoms with Crippen molar-refractivity contribution in [2.24, 2.45) is 0 Å². The maximum absolute atomic E-state index is 12.3. The van der Waals surface area contributed by atoms with E-state index >= 15 is 0 Å². The number of benzene rings is 4. The maximum atomic E-state index is 12.3. The molecule has 13 heteroatoms. The van der Waals surface area contributed by atoms with Crippen molar-refractivity contribution in [1.29, 1.82) is 0 Å². The zero-order chi connectivity index (χ0) is 34.7. The van der Waals surface area contributed by atoms with Crippen molar-refractivity contribution in [3.63, 3.8) is 0 Å². The number of carbonyl (C=O) groups is 2. The third-order valence-electron chi connectivity index (χ3n) is 8.30. The monoisotopic (exact) mass is 694 g/mol. The molecule has 1 fully saturated rings. The van der Waals surface area contributed by atoms with Crippen LogP contribution in [0, 0.1) is 0 Å². The molecule has 1 aromatic heterocycles. The highest BCUT2D eigenvalue weighted by molar-refractivity contribution is 7.99. The molecule has 4 aromatic carbocycles. The fraction of sp³-hybridized carbons (Fsp3) is 0.270. The molecule has 4 N–H and O–H groups in total. The molecule has 2 heterocycles. The standard InChI is InChI=1S/C37H38N6O6S/c44-23-25-15-17-27(18-16-25)33-21-32(24-50-37-39-41-42-43(37)31-11-2-1-3-12-31)48-36(49-33)30-10-5-9-29(20-30)28-8-4-7-26(19-28)22-38-34(45)13-6-14-35(46)40-47/h1-5,7-12,15-20,32-33,36,44,47H,6,13-14,21-24H2,(H,38,45)(H,40,46)/t32-,33+,36+/m1/s1. The Morgan fingerprint density at radius 3 is 2.38 bits per heavy atom. The molecule has 0 aliphatic carbocycles. The third kappa shape index (κ3) is 9.20. The van der Waals surface area contributed by atoms with Crippen molar-refractivity contribution in [2.75, 3.05) is 5.75 Å². The summed E-state index contributed by atoms with van der Waals surface area (Å²) in [5, 5.41) is 34.1. The summed E-state index contributed by atoms with van der Waals surface area (Å²) in [4.78, 5) is 23.5. The molecule has 50 heavy (non-hydrogen) atoms. The lowest BCUT2D eigenvalue weighted by Crippen LogP contribution is -2.31. The quantitative estimate of drug-likeness (QED) is 0.0669. The Labute approximate surface area is 293 Å². The summed E-state index contributed by atoms with van der Waals surface area (Å²) in [6.07, 6.45) is 0.162. The van der Waals surface area contributed by atoms with Gasteiger partial charge in [0.2, 0.25) is 17.0 Å². The number of aliphatic hydroxyl groups excluding tert-OH is 1. The largest absolute Gasteiger partial charge is 0.392 e. The van der Waals surface area contributed by atoms with Gasteiger partial charge in [-0.3, -0.25) is 14.8 Å². The molecule has 3 atom stereocenters. The number of hydrogen-bond acceptors (Lipinski definition) is 10. The summed E-state index contributed by atoms with van der Waals surface area (Å²) < 4.78 is 14.9. The van der Waals surface area contributed by atoms with Gasteiger partial charge in [-0.15, -0.1) is 5.10 Å². The van der Waals surface area contributed by atoms with Crippen LogP contribution in [0.15, 0.2) is 108 Å². The number of thioether (sulfide) groups is 1. The highest BCUT2D eigenvalue weighted by atomic mass is 32.2. The lowest BCUT2D eigenvalue weighted by Gasteiger charge is -2.36. The number of carbonyl (C=O) groups excluding carboxylic acids is 2. The number of para-hydroxylation sites is 1. The van der Waals surface area contributed by atoms with Crippen LogP contribution in [0.25, 0.3) is 16.8 Å². The molecule has 1 aliphatic rings. The lowest BCUT2D eigenvalue weighted by molar-refractivity contribution is -0.245. The first-order valence-electron chi connectivity index (χ1n) is 16.3. The van der Waals surface area contributed by atoms with Crippen LogP contribution in [-0.2, 0) is 32.2 Å². The van der Waals surface area contributed by atoms with E-state index in [0.29, 0.717) is 30.3 Å². The SMILES string of the molecule is O=C(CCCC(=O)NCc1cccc(-c2cccc([C@H]3O[C@@H](CSc4nnnn4-c4ccccc4)C[C@@H](c4ccc(CO)cc4)O3)c2)c1)NO. The van der Waals surface area contributed by atoms with Crippen molar-refractivity contribution in [3.05, 3.63) is 125 Å². The zero-order valence-electron chi connectivity index (χ0n) is 27.2. The van der Waals surface area contributed by atoms with E-state index in [-0.39, 0.29) is 37.6 Å². The van der Waals surface area contributed by atoms with Crippen LogP contribution in [-0.4, -0.2) is 54.2 Å². The molecular weight excluding hydrogens is 657 g/mol. The Kier molecular flexibility index (Phi) is 12.0. The number of tetrazole rings is 1. The highest BCUT2D eigenvalue weighted by Crippen LogP contribution is 2.40. The van der Waals surface area contributed by atoms with Gasteiger partial charge in [-0.05, 0) is 68.9 Å². The molecule has 0 saturated carbocycles. The van der Waals surface area contributed by atoms with Crippen LogP contribution in [0.2, 0.25) is 0 Å². The summed E-state index contributed by atoms with van der Waals surface area (Å²) in [5.41, 5.74) is 8.03. The summed E-state index contributed by atoms with van der Waals surface area (Å²) in [6.45, 7) is 0.315. The fourth-order valence-corrected chi connectivity index (χ4v) is 6.58. The number of rotatable bonds is 14. The molecule has 5 aromatic rings. The first-order valence-corrected chi connectivity index (χ1v) is 17.3. The van der Waals surface area contributed by atoms with E-state index in [1.807, 2.05) is 97.1 Å². The number of nitrogens with zero attached hydrogens (tertiary/aromatic N) is 4. The van der Waals surface area contributed by atoms with Gasteiger partial charge in [-0.25, -0.2) is 5.48 Å². The highest BCUT2D eigenvalue weighted by Gasteiger charge is 2.33. The van der Waals surface area contributed by atoms with Crippen LogP contribution in [0.5, 0.6) is 0 Å². The first kappa shape index (κ1) is 34.9. The van der Waals surface area contributed by atoms with Crippen LogP contribution in [0.1, 0.15) is 60.3 Å². The second-order valence-electron chi connectivity index (χ2n) is 11.9. The van der Waals surface area contributed by atoms with E-state index in [0.717, 1.165) is 39.1 Å². The minimum Gasteiger partial charge on any atom is -0.392 e. The van der Waals surface area contributed by atoms with Gasteiger partial charge >= 0.3 is 0 Å². The smallest absolute Gasteiger partial charge is 0.243 e. The Balaban J connectivity index is 1.17. The minimum absolute atomic E-state index is 0.0290. The topological polar surface area (TPSA) is 161 Å². The molecule has 12 nitrogen and oxygen atoms in total. The van der Waals surface area contributed by atoms with E-state index in [1.165, 1.54) is 11.8 Å². The normalized spacial score (nSPS) is 17.3. The molecular formula is C37H38N6O6S. The molecule has 0 unspecified atom stereocenters. The number of amides is 2. The predicted octanol–water partition coefficient (Wildman–Crippen LogP) is 5.45. The Morgan fingerprint density at radius 2 is 1.60 bits per heavy atom. The van der Waals surface area contributed by atoms with E-state index in [4.69, 9.17) is 14.7 Å². The number of aliphatic hydroxyl groups is 1. The van der Waals surface area contributed by atoms with Crippen molar-refractivity contribution < 1.29 is 29.4 Å². The Hall–Kier alpha value is -4.92. The minimum atomic E-state index is -0.641. The molecule has 1 aliphatic heterocycles. The molecule has 0 radical (unpaired) electrons. The summed E-state index contributed by atoms with van der Waals surface area (Å²) in [7, 11) is 0. The van der Waals surface area contributed by atoms with Gasteiger partial charge in [-0.2, -0.15) is 4.68 Å². The van der Waals surface area contributed by atoms with E-state index in [2.05, 4.69) is 26.9 Å². The van der Waals surface area contributed by atoms with Crippen LogP contribution in [0.3, 0.4) is 0 Å². The van der Waals surface area contributed by atoms with Gasteiger partial charge in [0.15, 0.2) is 6.29 Å². The lowest BCUT2D eigenvalue weighted by atomic mass is 9.99. The van der Waals surface area contributed by atoms with Gasteiger partial charge in [0.25, 0.3) is 0 Å². The number of aromatic nitrogens is 4. The van der Waals surface area contributed by atoms with Crippen molar-refractivity contribution in [2.45, 2.75) is 62.5 Å². The molecule has 6 rings (SSSR count). The fourth-order valence-electron chi connectivity index (χ4n) is 5.67. The third-order valence-corrected chi connectivity index (χ3v) is 9.35. The van der Waals surface area contributed by atoms with Gasteiger partial charge in [0.05, 0.1) is 24.5 Å². The molecule has 1 saturated heterocycles.